The zero-order valence-corrected chi connectivity index (χ0v) is 33.1. The third kappa shape index (κ3) is 22.6. The van der Waals surface area contributed by atoms with E-state index >= 15 is 0 Å². The number of hydrogen-bond donors (Lipinski definition) is 9. The van der Waals surface area contributed by atoms with Gasteiger partial charge in [0.25, 0.3) is 0 Å². The number of carbonyl (C=O) groups excluding carboxylic acids is 1. The Kier molecular flexibility index (Phi) is 27.8. The summed E-state index contributed by atoms with van der Waals surface area (Å²) in [6, 6.07) is -1.26. The minimum absolute atomic E-state index is 0.274. The molecule has 53 heavy (non-hydrogen) atoms. The quantitative estimate of drug-likeness (QED) is 0.0257. The Morgan fingerprint density at radius 2 is 1.11 bits per heavy atom. The second kappa shape index (κ2) is 29.8. The Morgan fingerprint density at radius 1 is 0.660 bits per heavy atom. The van der Waals surface area contributed by atoms with Crippen LogP contribution in [0.3, 0.4) is 0 Å². The average Bonchev–Trinajstić information content (AvgIpc) is 3.12. The van der Waals surface area contributed by atoms with Gasteiger partial charge in [-0.2, -0.15) is 0 Å². The van der Waals surface area contributed by atoms with Gasteiger partial charge in [0.15, 0.2) is 0 Å². The van der Waals surface area contributed by atoms with E-state index in [0.717, 1.165) is 38.5 Å². The summed E-state index contributed by atoms with van der Waals surface area (Å²) in [7, 11) is -5.14. The molecule has 0 bridgehead atoms. The van der Waals surface area contributed by atoms with Crippen LogP contribution >= 0.6 is 7.82 Å². The highest BCUT2D eigenvalue weighted by molar-refractivity contribution is 7.47. The Bertz CT molecular complexity index is 1060. The van der Waals surface area contributed by atoms with Gasteiger partial charge in [0, 0.05) is 0 Å². The molecule has 0 aliphatic heterocycles. The highest BCUT2D eigenvalue weighted by atomic mass is 31.2. The van der Waals surface area contributed by atoms with E-state index in [1.165, 1.54) is 70.3 Å². The van der Waals surface area contributed by atoms with Gasteiger partial charge in [-0.3, -0.25) is 13.8 Å². The maximum Gasteiger partial charge on any atom is 0.472 e. The predicted octanol–water partition coefficient (Wildman–Crippen LogP) is 5.02. The number of rotatable bonds is 31. The lowest BCUT2D eigenvalue weighted by molar-refractivity contribution is -0.220. The number of amides is 1. The second-order valence-electron chi connectivity index (χ2n) is 14.3. The van der Waals surface area contributed by atoms with Crippen LogP contribution in [0.5, 0.6) is 0 Å². The summed E-state index contributed by atoms with van der Waals surface area (Å²) >= 11 is 0. The molecular weight excluding hydrogens is 705 g/mol. The van der Waals surface area contributed by atoms with E-state index in [-0.39, 0.29) is 6.42 Å². The number of carbonyl (C=O) groups is 1. The summed E-state index contributed by atoms with van der Waals surface area (Å²) in [5, 5.41) is 74.0. The Hall–Kier alpha value is -1.48. The number of phosphoric acid groups is 1. The van der Waals surface area contributed by atoms with Crippen molar-refractivity contribution < 1.29 is 59.0 Å². The van der Waals surface area contributed by atoms with Crippen molar-refractivity contribution in [3.63, 3.8) is 0 Å². The maximum absolute atomic E-state index is 12.9. The fourth-order valence-corrected chi connectivity index (χ4v) is 7.04. The highest BCUT2D eigenvalue weighted by Crippen LogP contribution is 2.47. The normalized spacial score (nSPS) is 25.2. The van der Waals surface area contributed by atoms with E-state index in [4.69, 9.17) is 9.05 Å². The lowest BCUT2D eigenvalue weighted by atomic mass is 9.85. The molecule has 0 aromatic rings. The minimum Gasteiger partial charge on any atom is -0.393 e. The first-order valence-corrected chi connectivity index (χ1v) is 21.5. The molecule has 9 N–H and O–H groups in total. The number of nitrogens with one attached hydrogen (secondary N) is 1. The lowest BCUT2D eigenvalue weighted by Gasteiger charge is -2.41. The molecule has 0 radical (unpaired) electrons. The van der Waals surface area contributed by atoms with Gasteiger partial charge in [0.2, 0.25) is 5.91 Å². The van der Waals surface area contributed by atoms with Crippen molar-refractivity contribution >= 4 is 13.7 Å². The van der Waals surface area contributed by atoms with Crippen molar-refractivity contribution in [3.05, 3.63) is 36.5 Å². The van der Waals surface area contributed by atoms with Crippen molar-refractivity contribution in [3.8, 4) is 0 Å². The van der Waals surface area contributed by atoms with E-state index in [2.05, 4.69) is 43.5 Å². The van der Waals surface area contributed by atoms with Crippen molar-refractivity contribution in [2.24, 2.45) is 0 Å². The number of aliphatic hydroxyl groups excluding tert-OH is 7. The maximum atomic E-state index is 12.9. The SMILES string of the molecule is CCCCCCCC/C=C\CCCC(O)CC(=O)NC(COP(=O)(O)OC1C(O)C(O)C(O)C(O)C1O)C(O)/C=C/CC/C=C/CCCCCCCC. The molecular formula is C39H72NO12P. The summed E-state index contributed by atoms with van der Waals surface area (Å²) in [4.78, 5) is 23.3. The Morgan fingerprint density at radius 3 is 1.66 bits per heavy atom. The van der Waals surface area contributed by atoms with E-state index in [1.807, 2.05) is 0 Å². The van der Waals surface area contributed by atoms with Gasteiger partial charge in [0.05, 0.1) is 31.3 Å². The molecule has 1 amide bonds. The van der Waals surface area contributed by atoms with Crippen LogP contribution in [-0.4, -0.2) is 108 Å². The van der Waals surface area contributed by atoms with Crippen LogP contribution in [0.25, 0.3) is 0 Å². The summed E-state index contributed by atoms with van der Waals surface area (Å²) in [5.41, 5.74) is 0. The summed E-state index contributed by atoms with van der Waals surface area (Å²) in [6.07, 6.45) is 16.9. The molecule has 1 aliphatic rings. The number of allylic oxidation sites excluding steroid dienone is 5. The van der Waals surface area contributed by atoms with Crippen molar-refractivity contribution in [2.45, 2.75) is 197 Å². The fourth-order valence-electron chi connectivity index (χ4n) is 6.08. The van der Waals surface area contributed by atoms with Crippen LogP contribution in [0, 0.1) is 0 Å². The molecule has 14 heteroatoms. The van der Waals surface area contributed by atoms with Crippen molar-refractivity contribution in [1.82, 2.24) is 5.32 Å². The van der Waals surface area contributed by atoms with Gasteiger partial charge in [-0.05, 0) is 57.8 Å². The largest absolute Gasteiger partial charge is 0.472 e. The molecule has 1 rings (SSSR count). The molecule has 0 aromatic heterocycles. The van der Waals surface area contributed by atoms with Crippen LogP contribution in [0.2, 0.25) is 0 Å². The molecule has 0 saturated heterocycles. The van der Waals surface area contributed by atoms with Crippen LogP contribution < -0.4 is 5.32 Å². The number of aliphatic hydroxyl groups is 7. The van der Waals surface area contributed by atoms with Crippen LogP contribution in [0.4, 0.5) is 0 Å². The van der Waals surface area contributed by atoms with E-state index in [9.17, 15) is 50.0 Å². The molecule has 0 aromatic carbocycles. The Balaban J connectivity index is 2.70. The highest BCUT2D eigenvalue weighted by Gasteiger charge is 2.51. The number of hydrogen-bond acceptors (Lipinski definition) is 11. The fraction of sp³-hybridized carbons (Fsp3) is 0.821. The standard InChI is InChI=1S/C39H72NO12P/c1-3-5-7-9-11-13-15-17-19-21-23-25-27-32(42)31(29-51-53(49,50)52-39-37(47)35(45)34(44)36(46)38(39)48)40-33(43)28-30(41)26-24-22-20-18-16-14-12-10-8-6-4-2/h17-20,25,27,30-32,34-39,41-42,44-48H,3-16,21-24,26,28-29H2,1-2H3,(H,40,43)(H,49,50)/b19-17+,20-18-,27-25+. The summed E-state index contributed by atoms with van der Waals surface area (Å²) < 4.78 is 22.7. The molecule has 1 aliphatic carbocycles. The first kappa shape index (κ1) is 49.5. The minimum atomic E-state index is -5.14. The molecule has 13 nitrogen and oxygen atoms in total. The zero-order valence-electron chi connectivity index (χ0n) is 32.2. The van der Waals surface area contributed by atoms with E-state index < -0.39 is 75.2 Å². The number of phosphoric ester groups is 1. The monoisotopic (exact) mass is 777 g/mol. The molecule has 8 unspecified atom stereocenters. The first-order valence-electron chi connectivity index (χ1n) is 20.0. The second-order valence-corrected chi connectivity index (χ2v) is 15.7. The van der Waals surface area contributed by atoms with Gasteiger partial charge < -0.3 is 46.0 Å². The van der Waals surface area contributed by atoms with Crippen LogP contribution in [0.15, 0.2) is 36.5 Å². The van der Waals surface area contributed by atoms with Gasteiger partial charge in [-0.1, -0.05) is 115 Å². The molecule has 0 heterocycles. The lowest BCUT2D eigenvalue weighted by Crippen LogP contribution is -2.64. The third-order valence-corrected chi connectivity index (χ3v) is 10.4. The first-order chi connectivity index (χ1) is 25.3. The summed E-state index contributed by atoms with van der Waals surface area (Å²) in [5.74, 6) is -0.623. The topological polar surface area (TPSA) is 226 Å². The van der Waals surface area contributed by atoms with Gasteiger partial charge in [0.1, 0.15) is 36.6 Å². The summed E-state index contributed by atoms with van der Waals surface area (Å²) in [6.45, 7) is 3.64. The molecule has 1 saturated carbocycles. The predicted molar refractivity (Wildman–Crippen MR) is 206 cm³/mol. The zero-order chi connectivity index (χ0) is 39.5. The molecule has 310 valence electrons. The number of unbranched alkanes of at least 4 members (excludes halogenated alkanes) is 14. The van der Waals surface area contributed by atoms with Crippen molar-refractivity contribution in [1.29, 1.82) is 0 Å². The smallest absolute Gasteiger partial charge is 0.393 e. The molecule has 8 atom stereocenters. The van der Waals surface area contributed by atoms with E-state index in [1.54, 1.807) is 6.08 Å². The van der Waals surface area contributed by atoms with Gasteiger partial charge in [-0.25, -0.2) is 4.57 Å². The Labute approximate surface area is 317 Å². The van der Waals surface area contributed by atoms with Crippen molar-refractivity contribution in [2.75, 3.05) is 6.61 Å². The third-order valence-electron chi connectivity index (χ3n) is 9.45. The van der Waals surface area contributed by atoms with Crippen LogP contribution in [0.1, 0.15) is 142 Å². The average molecular weight is 778 g/mol. The molecule has 0 spiro atoms. The molecule has 1 fully saturated rings. The van der Waals surface area contributed by atoms with Gasteiger partial charge in [-0.15, -0.1) is 0 Å². The van der Waals surface area contributed by atoms with Crippen LogP contribution in [-0.2, 0) is 18.4 Å². The van der Waals surface area contributed by atoms with E-state index in [0.29, 0.717) is 19.3 Å². The van der Waals surface area contributed by atoms with Gasteiger partial charge >= 0.3 is 7.82 Å².